The number of halogens is 1. The lowest BCUT2D eigenvalue weighted by Crippen LogP contribution is -2.01. The molecule has 0 saturated heterocycles. The van der Waals surface area contributed by atoms with Crippen molar-refractivity contribution in [2.75, 3.05) is 5.32 Å². The Kier molecular flexibility index (Phi) is 3.98. The smallest absolute Gasteiger partial charge is 0.335 e. The molecule has 0 unspecified atom stereocenters. The second-order valence-electron chi connectivity index (χ2n) is 3.70. The Morgan fingerprint density at radius 3 is 2.89 bits per heavy atom. The lowest BCUT2D eigenvalue weighted by molar-refractivity contribution is 0.0697. The van der Waals surface area contributed by atoms with E-state index >= 15 is 0 Å². The fraction of sp³-hybridized carbons (Fsp3) is 0.167. The van der Waals surface area contributed by atoms with Gasteiger partial charge in [0, 0.05) is 21.2 Å². The average molecular weight is 327 g/mol. The van der Waals surface area contributed by atoms with Crippen LogP contribution in [0.1, 0.15) is 20.2 Å². The highest BCUT2D eigenvalue weighted by Crippen LogP contribution is 2.25. The predicted octanol–water partition coefficient (Wildman–Crippen LogP) is 3.52. The van der Waals surface area contributed by atoms with Crippen LogP contribution >= 0.6 is 27.3 Å². The van der Waals surface area contributed by atoms with Crippen molar-refractivity contribution in [1.82, 2.24) is 4.98 Å². The Bertz CT molecular complexity index is 583. The number of carbonyl (C=O) groups is 1. The van der Waals surface area contributed by atoms with Crippen molar-refractivity contribution in [3.63, 3.8) is 0 Å². The Balaban J connectivity index is 2.08. The molecule has 0 radical (unpaired) electrons. The maximum Gasteiger partial charge on any atom is 0.335 e. The number of aromatic nitrogens is 1. The van der Waals surface area contributed by atoms with E-state index in [1.165, 1.54) is 0 Å². The first kappa shape index (κ1) is 13.0. The molecule has 2 N–H and O–H groups in total. The highest BCUT2D eigenvalue weighted by atomic mass is 79.9. The van der Waals surface area contributed by atoms with E-state index < -0.39 is 5.97 Å². The van der Waals surface area contributed by atoms with Crippen LogP contribution in [0.4, 0.5) is 5.69 Å². The standard InChI is InChI=1S/C12H11BrN2O2S/c1-7-14-5-9(18-7)6-15-11-3-2-8(12(16)17)4-10(11)13/h2-5,15H,6H2,1H3,(H,16,17). The Hall–Kier alpha value is -1.40. The molecule has 2 rings (SSSR count). The van der Waals surface area contributed by atoms with Gasteiger partial charge in [-0.15, -0.1) is 11.3 Å². The van der Waals surface area contributed by atoms with Crippen LogP contribution < -0.4 is 5.32 Å². The van der Waals surface area contributed by atoms with E-state index in [-0.39, 0.29) is 5.56 Å². The number of rotatable bonds is 4. The van der Waals surface area contributed by atoms with Crippen LogP contribution in [-0.2, 0) is 6.54 Å². The average Bonchev–Trinajstić information content (AvgIpc) is 2.73. The van der Waals surface area contributed by atoms with Gasteiger partial charge in [-0.05, 0) is 41.1 Å². The van der Waals surface area contributed by atoms with Gasteiger partial charge >= 0.3 is 5.97 Å². The Labute approximate surface area is 117 Å². The minimum atomic E-state index is -0.930. The largest absolute Gasteiger partial charge is 0.478 e. The number of aryl methyl sites for hydroxylation is 1. The number of aromatic carboxylic acids is 1. The summed E-state index contributed by atoms with van der Waals surface area (Å²) in [7, 11) is 0. The third-order valence-corrected chi connectivity index (χ3v) is 3.91. The van der Waals surface area contributed by atoms with Crippen molar-refractivity contribution >= 4 is 38.9 Å². The highest BCUT2D eigenvalue weighted by molar-refractivity contribution is 9.10. The van der Waals surface area contributed by atoms with Crippen molar-refractivity contribution in [1.29, 1.82) is 0 Å². The molecule has 1 aromatic carbocycles. The molecular weight excluding hydrogens is 316 g/mol. The van der Waals surface area contributed by atoms with Gasteiger partial charge in [0.15, 0.2) is 0 Å². The highest BCUT2D eigenvalue weighted by Gasteiger charge is 2.07. The molecule has 0 aliphatic carbocycles. The molecule has 94 valence electrons. The number of nitrogens with one attached hydrogen (secondary N) is 1. The molecule has 0 amide bonds. The number of carboxylic acids is 1. The van der Waals surface area contributed by atoms with Crippen molar-refractivity contribution in [3.05, 3.63) is 44.3 Å². The van der Waals surface area contributed by atoms with Crippen molar-refractivity contribution < 1.29 is 9.90 Å². The fourth-order valence-corrected chi connectivity index (χ4v) is 2.71. The molecule has 0 saturated carbocycles. The van der Waals surface area contributed by atoms with E-state index in [4.69, 9.17) is 5.11 Å². The Morgan fingerprint density at radius 1 is 1.56 bits per heavy atom. The summed E-state index contributed by atoms with van der Waals surface area (Å²) in [6.45, 7) is 2.64. The molecule has 18 heavy (non-hydrogen) atoms. The number of hydrogen-bond donors (Lipinski definition) is 2. The van der Waals surface area contributed by atoms with Crippen molar-refractivity contribution in [2.24, 2.45) is 0 Å². The summed E-state index contributed by atoms with van der Waals surface area (Å²) in [5, 5.41) is 13.1. The molecule has 6 heteroatoms. The number of anilines is 1. The summed E-state index contributed by atoms with van der Waals surface area (Å²) < 4.78 is 0.739. The molecular formula is C12H11BrN2O2S. The van der Waals surface area contributed by atoms with Gasteiger partial charge in [-0.1, -0.05) is 0 Å². The quantitative estimate of drug-likeness (QED) is 0.902. The number of thiazole rings is 1. The van der Waals surface area contributed by atoms with Gasteiger partial charge in [0.25, 0.3) is 0 Å². The summed E-state index contributed by atoms with van der Waals surface area (Å²) >= 11 is 4.99. The van der Waals surface area contributed by atoms with Crippen LogP contribution in [0, 0.1) is 6.92 Å². The maximum absolute atomic E-state index is 10.8. The van der Waals surface area contributed by atoms with E-state index in [1.807, 2.05) is 13.1 Å². The van der Waals surface area contributed by atoms with Crippen molar-refractivity contribution in [2.45, 2.75) is 13.5 Å². The fourth-order valence-electron chi connectivity index (χ4n) is 1.46. The zero-order valence-electron chi connectivity index (χ0n) is 9.61. The van der Waals surface area contributed by atoms with Gasteiger partial charge in [0.1, 0.15) is 0 Å². The van der Waals surface area contributed by atoms with E-state index in [2.05, 4.69) is 26.2 Å². The summed E-state index contributed by atoms with van der Waals surface area (Å²) in [4.78, 5) is 16.1. The van der Waals surface area contributed by atoms with E-state index in [9.17, 15) is 4.79 Å². The van der Waals surface area contributed by atoms with Gasteiger partial charge in [-0.3, -0.25) is 0 Å². The van der Waals surface area contributed by atoms with E-state index in [0.717, 1.165) is 20.0 Å². The zero-order valence-corrected chi connectivity index (χ0v) is 12.0. The number of nitrogens with zero attached hydrogens (tertiary/aromatic N) is 1. The van der Waals surface area contributed by atoms with Crippen LogP contribution in [0.3, 0.4) is 0 Å². The second-order valence-corrected chi connectivity index (χ2v) is 5.87. The number of hydrogen-bond acceptors (Lipinski definition) is 4. The molecule has 2 aromatic rings. The molecule has 0 atom stereocenters. The van der Waals surface area contributed by atoms with Crippen LogP contribution in [0.25, 0.3) is 0 Å². The van der Waals surface area contributed by atoms with Crippen LogP contribution in [0.15, 0.2) is 28.9 Å². The van der Waals surface area contributed by atoms with Crippen LogP contribution in [0.5, 0.6) is 0 Å². The first-order chi connectivity index (χ1) is 8.56. The minimum Gasteiger partial charge on any atom is -0.478 e. The van der Waals surface area contributed by atoms with Crippen LogP contribution in [-0.4, -0.2) is 16.1 Å². The third-order valence-electron chi connectivity index (χ3n) is 2.34. The van der Waals surface area contributed by atoms with Gasteiger partial charge in [-0.2, -0.15) is 0 Å². The minimum absolute atomic E-state index is 0.265. The normalized spacial score (nSPS) is 10.3. The lowest BCUT2D eigenvalue weighted by Gasteiger charge is -2.07. The van der Waals surface area contributed by atoms with Crippen LogP contribution in [0.2, 0.25) is 0 Å². The summed E-state index contributed by atoms with van der Waals surface area (Å²) in [6.07, 6.45) is 1.84. The molecule has 0 spiro atoms. The molecule has 0 aliphatic heterocycles. The van der Waals surface area contributed by atoms with Gasteiger partial charge in [0.2, 0.25) is 0 Å². The second kappa shape index (κ2) is 5.49. The molecule has 0 fully saturated rings. The first-order valence-corrected chi connectivity index (χ1v) is 6.85. The van der Waals surface area contributed by atoms with E-state index in [1.54, 1.807) is 29.5 Å². The summed E-state index contributed by atoms with van der Waals surface area (Å²) in [6, 6.07) is 4.91. The zero-order chi connectivity index (χ0) is 13.1. The molecule has 0 bridgehead atoms. The SMILES string of the molecule is Cc1ncc(CNc2ccc(C(=O)O)cc2Br)s1. The predicted molar refractivity (Wildman–Crippen MR) is 75.3 cm³/mol. The summed E-state index contributed by atoms with van der Waals surface area (Å²) in [5.41, 5.74) is 1.13. The molecule has 0 aliphatic rings. The monoisotopic (exact) mass is 326 g/mol. The van der Waals surface area contributed by atoms with Gasteiger partial charge in [0.05, 0.1) is 17.1 Å². The molecule has 1 heterocycles. The number of carboxylic acid groups (broad SMARTS) is 1. The maximum atomic E-state index is 10.8. The molecule has 1 aromatic heterocycles. The van der Waals surface area contributed by atoms with Gasteiger partial charge < -0.3 is 10.4 Å². The summed E-state index contributed by atoms with van der Waals surface area (Å²) in [5.74, 6) is -0.930. The van der Waals surface area contributed by atoms with Gasteiger partial charge in [-0.25, -0.2) is 9.78 Å². The van der Waals surface area contributed by atoms with Crippen molar-refractivity contribution in [3.8, 4) is 0 Å². The van der Waals surface area contributed by atoms with E-state index in [0.29, 0.717) is 6.54 Å². The molecule has 4 nitrogen and oxygen atoms in total. The lowest BCUT2D eigenvalue weighted by atomic mass is 10.2. The first-order valence-electron chi connectivity index (χ1n) is 5.24. The Morgan fingerprint density at radius 2 is 2.33 bits per heavy atom. The topological polar surface area (TPSA) is 62.2 Å². The third kappa shape index (κ3) is 3.08. The number of benzene rings is 1.